The molecule has 2 aromatic heterocycles. The lowest BCUT2D eigenvalue weighted by molar-refractivity contribution is 0.254. The van der Waals surface area contributed by atoms with Crippen molar-refractivity contribution in [2.24, 2.45) is 4.99 Å². The van der Waals surface area contributed by atoms with Crippen molar-refractivity contribution in [2.45, 2.75) is 13.8 Å². The van der Waals surface area contributed by atoms with Gasteiger partial charge < -0.3 is 19.9 Å². The Morgan fingerprint density at radius 2 is 1.83 bits per heavy atom. The van der Waals surface area contributed by atoms with Gasteiger partial charge in [-0.05, 0) is 68.0 Å². The summed E-state index contributed by atoms with van der Waals surface area (Å²) in [6.07, 6.45) is 3.85. The molecule has 0 fully saturated rings. The van der Waals surface area contributed by atoms with Gasteiger partial charge in [0.25, 0.3) is 0 Å². The number of fused-ring (bicyclic) bond motifs is 1. The topological polar surface area (TPSA) is 74.7 Å². The fourth-order valence-corrected chi connectivity index (χ4v) is 4.43. The zero-order valence-corrected chi connectivity index (χ0v) is 21.1. The Morgan fingerprint density at radius 3 is 2.50 bits per heavy atom. The van der Waals surface area contributed by atoms with Gasteiger partial charge in [-0.2, -0.15) is 0 Å². The highest BCUT2D eigenvalue weighted by Gasteiger charge is 2.23. The van der Waals surface area contributed by atoms with Crippen molar-refractivity contribution in [2.75, 3.05) is 31.4 Å². The molecule has 0 bridgehead atoms. The maximum absolute atomic E-state index is 13.6. The van der Waals surface area contributed by atoms with Gasteiger partial charge in [0, 0.05) is 48.3 Å². The van der Waals surface area contributed by atoms with Crippen LogP contribution in [0.1, 0.15) is 22.6 Å². The van der Waals surface area contributed by atoms with E-state index in [0.29, 0.717) is 28.5 Å². The van der Waals surface area contributed by atoms with E-state index in [1.54, 1.807) is 11.7 Å². The predicted molar refractivity (Wildman–Crippen MR) is 147 cm³/mol. The third-order valence-electron chi connectivity index (χ3n) is 6.26. The smallest absolute Gasteiger partial charge is 0.331 e. The first kappa shape index (κ1) is 23.2. The molecule has 0 saturated heterocycles. The van der Waals surface area contributed by atoms with Gasteiger partial charge in [0.05, 0.1) is 24.0 Å². The summed E-state index contributed by atoms with van der Waals surface area (Å²) in [7, 11) is 5.60. The lowest BCUT2D eigenvalue weighted by atomic mass is 10.2. The zero-order chi connectivity index (χ0) is 25.4. The number of anilines is 2. The van der Waals surface area contributed by atoms with Crippen LogP contribution >= 0.6 is 0 Å². The number of carbonyl (C=O) groups excluding carboxylic acids is 1. The van der Waals surface area contributed by atoms with Crippen molar-refractivity contribution in [3.8, 4) is 0 Å². The molecular formula is C29H29N5O2. The summed E-state index contributed by atoms with van der Waals surface area (Å²) in [4.78, 5) is 23.8. The zero-order valence-electron chi connectivity index (χ0n) is 21.1. The second-order valence-electron chi connectivity index (χ2n) is 9.08. The number of carbonyl (C=O) groups is 1. The molecule has 1 amide bonds. The first-order valence-electron chi connectivity index (χ1n) is 11.8. The number of methoxy groups -OCH3 is 1. The van der Waals surface area contributed by atoms with Crippen LogP contribution < -0.4 is 10.2 Å². The Morgan fingerprint density at radius 1 is 1.08 bits per heavy atom. The number of hydrogen-bond acceptors (Lipinski definition) is 4. The van der Waals surface area contributed by atoms with Crippen molar-refractivity contribution in [3.63, 3.8) is 0 Å². The molecule has 0 atom stereocenters. The summed E-state index contributed by atoms with van der Waals surface area (Å²) >= 11 is 0. The second-order valence-corrected chi connectivity index (χ2v) is 9.08. The number of allylic oxidation sites excluding steroid dienone is 1. The highest BCUT2D eigenvalue weighted by atomic mass is 16.5. The molecule has 2 N–H and O–H groups in total. The molecule has 5 rings (SSSR count). The highest BCUT2D eigenvalue weighted by Crippen LogP contribution is 2.29. The normalized spacial score (nSPS) is 14.2. The quantitative estimate of drug-likeness (QED) is 0.363. The monoisotopic (exact) mass is 479 g/mol. The average Bonchev–Trinajstić information content (AvgIpc) is 3.53. The number of nitrogens with zero attached hydrogens (tertiary/aromatic N) is 3. The number of aromatic nitrogens is 2. The molecule has 0 saturated carbocycles. The van der Waals surface area contributed by atoms with Gasteiger partial charge in [-0.1, -0.05) is 18.2 Å². The largest absolute Gasteiger partial charge is 0.494 e. The van der Waals surface area contributed by atoms with Gasteiger partial charge in [0.15, 0.2) is 0 Å². The van der Waals surface area contributed by atoms with Crippen LogP contribution in [0.15, 0.2) is 83.2 Å². The molecule has 0 unspecified atom stereocenters. The number of rotatable bonds is 5. The number of hydrogen-bond donors (Lipinski definition) is 2. The van der Waals surface area contributed by atoms with Crippen LogP contribution in [-0.2, 0) is 4.74 Å². The van der Waals surface area contributed by atoms with Crippen molar-refractivity contribution >= 4 is 40.1 Å². The van der Waals surface area contributed by atoms with Crippen molar-refractivity contribution in [1.82, 2.24) is 9.55 Å². The van der Waals surface area contributed by atoms with Crippen LogP contribution in [0.3, 0.4) is 0 Å². The van der Waals surface area contributed by atoms with E-state index in [9.17, 15) is 4.79 Å². The van der Waals surface area contributed by atoms with Crippen molar-refractivity contribution < 1.29 is 9.53 Å². The predicted octanol–water partition coefficient (Wildman–Crippen LogP) is 6.11. The van der Waals surface area contributed by atoms with Crippen LogP contribution in [0.5, 0.6) is 0 Å². The van der Waals surface area contributed by atoms with Gasteiger partial charge in [-0.3, -0.25) is 4.57 Å². The average molecular weight is 480 g/mol. The Hall–Kier alpha value is -4.52. The van der Waals surface area contributed by atoms with Gasteiger partial charge in [0.2, 0.25) is 0 Å². The van der Waals surface area contributed by atoms with Gasteiger partial charge in [-0.15, -0.1) is 0 Å². The second kappa shape index (κ2) is 9.26. The molecule has 7 heteroatoms. The number of ether oxygens (including phenoxy) is 1. The van der Waals surface area contributed by atoms with Crippen LogP contribution in [0.2, 0.25) is 0 Å². The Bertz CT molecular complexity index is 1550. The lowest BCUT2D eigenvalue weighted by Crippen LogP contribution is -2.23. The molecule has 7 nitrogen and oxygen atoms in total. The van der Waals surface area contributed by atoms with Crippen LogP contribution in [0.4, 0.5) is 16.2 Å². The van der Waals surface area contributed by atoms with Gasteiger partial charge >= 0.3 is 6.03 Å². The molecule has 4 aromatic rings. The number of amides is 1. The third-order valence-corrected chi connectivity index (χ3v) is 6.26. The summed E-state index contributed by atoms with van der Waals surface area (Å²) in [5.74, 6) is 0.646. The van der Waals surface area contributed by atoms with Gasteiger partial charge in [-0.25, -0.2) is 9.79 Å². The molecule has 0 spiro atoms. The van der Waals surface area contributed by atoms with E-state index in [-0.39, 0.29) is 6.03 Å². The summed E-state index contributed by atoms with van der Waals surface area (Å²) in [5.41, 5.74) is 7.83. The Kier molecular flexibility index (Phi) is 5.98. The maximum Gasteiger partial charge on any atom is 0.331 e. The van der Waals surface area contributed by atoms with E-state index in [1.165, 1.54) is 0 Å². The number of H-pyrrole nitrogens is 1. The third kappa shape index (κ3) is 4.31. The fraction of sp³-hybridized carbons (Fsp3) is 0.172. The van der Waals surface area contributed by atoms with E-state index >= 15 is 0 Å². The molecule has 3 heterocycles. The van der Waals surface area contributed by atoms with E-state index in [2.05, 4.69) is 23.3 Å². The molecule has 1 aliphatic heterocycles. The van der Waals surface area contributed by atoms with Crippen molar-refractivity contribution in [3.05, 3.63) is 101 Å². The number of aromatic amines is 1. The molecule has 1 aliphatic rings. The lowest BCUT2D eigenvalue weighted by Gasteiger charge is -2.14. The summed E-state index contributed by atoms with van der Waals surface area (Å²) in [6, 6.07) is 19.4. The van der Waals surface area contributed by atoms with Crippen LogP contribution in [0.25, 0.3) is 17.0 Å². The summed E-state index contributed by atoms with van der Waals surface area (Å²) < 4.78 is 7.32. The van der Waals surface area contributed by atoms with Crippen LogP contribution in [-0.4, -0.2) is 42.5 Å². The van der Waals surface area contributed by atoms with Crippen molar-refractivity contribution in [1.29, 1.82) is 0 Å². The molecule has 182 valence electrons. The minimum atomic E-state index is -0.257. The van der Waals surface area contributed by atoms with E-state index < -0.39 is 0 Å². The molecular weight excluding hydrogens is 450 g/mol. The van der Waals surface area contributed by atoms with E-state index in [4.69, 9.17) is 9.73 Å². The maximum atomic E-state index is 13.6. The number of aryl methyl sites for hydroxylation is 2. The first-order valence-corrected chi connectivity index (χ1v) is 11.8. The number of para-hydroxylation sites is 1. The molecule has 0 radical (unpaired) electrons. The number of nitrogens with one attached hydrogen (secondary N) is 2. The molecule has 0 aliphatic carbocycles. The minimum Gasteiger partial charge on any atom is -0.494 e. The molecule has 36 heavy (non-hydrogen) atoms. The Balaban J connectivity index is 1.56. The minimum absolute atomic E-state index is 0.257. The summed E-state index contributed by atoms with van der Waals surface area (Å²) in [5, 5.41) is 3.98. The first-order chi connectivity index (χ1) is 17.3. The van der Waals surface area contributed by atoms with E-state index in [0.717, 1.165) is 33.5 Å². The molecule has 2 aromatic carbocycles. The highest BCUT2D eigenvalue weighted by molar-refractivity contribution is 6.16. The summed E-state index contributed by atoms with van der Waals surface area (Å²) in [6.45, 7) is 4.08. The van der Waals surface area contributed by atoms with E-state index in [1.807, 2.05) is 92.7 Å². The Labute approximate surface area is 210 Å². The number of aliphatic imine (C=N–C) groups is 1. The standard InChI is InChI=1S/C29H29N5O2/c1-18-14-19(2)30-23(18)16-25-28(36-5)17-24(32-25)27-15-20-8-6-7-9-26(20)34(27)29(35)31-21-10-12-22(13-11-21)33(3)4/h6-17,30H,1-5H3,(H,31,35). The van der Waals surface area contributed by atoms with Crippen LogP contribution in [0, 0.1) is 13.8 Å². The van der Waals surface area contributed by atoms with Gasteiger partial charge in [0.1, 0.15) is 11.5 Å². The fourth-order valence-electron chi connectivity index (χ4n) is 4.43. The number of benzene rings is 2. The SMILES string of the molecule is COC1=CC(c2cc3ccccc3n2C(=O)Nc2ccc(N(C)C)cc2)=NC1=Cc1[nH]c(C)cc1C.